The number of anilines is 1. The highest BCUT2D eigenvalue weighted by molar-refractivity contribution is 5.93. The van der Waals surface area contributed by atoms with E-state index in [1.165, 1.54) is 32.1 Å². The number of benzene rings is 2. The number of rotatable bonds is 5. The van der Waals surface area contributed by atoms with Gasteiger partial charge in [-0.1, -0.05) is 31.4 Å². The van der Waals surface area contributed by atoms with Crippen molar-refractivity contribution in [3.05, 3.63) is 60.8 Å². The quantitative estimate of drug-likeness (QED) is 0.320. The molecule has 0 amide bonds. The van der Waals surface area contributed by atoms with Crippen molar-refractivity contribution >= 4 is 27.9 Å². The van der Waals surface area contributed by atoms with Gasteiger partial charge in [0.15, 0.2) is 11.5 Å². The van der Waals surface area contributed by atoms with Crippen LogP contribution in [-0.4, -0.2) is 31.2 Å². The van der Waals surface area contributed by atoms with Crippen LogP contribution in [0.3, 0.4) is 0 Å². The fourth-order valence-electron chi connectivity index (χ4n) is 4.45. The lowest BCUT2D eigenvalue weighted by Gasteiger charge is -2.22. The molecule has 0 saturated heterocycles. The van der Waals surface area contributed by atoms with Gasteiger partial charge in [0.25, 0.3) is 0 Å². The van der Waals surface area contributed by atoms with Crippen molar-refractivity contribution in [2.24, 2.45) is 0 Å². The Morgan fingerprint density at radius 3 is 2.62 bits per heavy atom. The van der Waals surface area contributed by atoms with E-state index in [0.29, 0.717) is 6.04 Å². The predicted molar refractivity (Wildman–Crippen MR) is 126 cm³/mol. The summed E-state index contributed by atoms with van der Waals surface area (Å²) >= 11 is 0. The van der Waals surface area contributed by atoms with Crippen LogP contribution in [0.15, 0.2) is 60.8 Å². The molecule has 3 N–H and O–H groups in total. The van der Waals surface area contributed by atoms with E-state index in [9.17, 15) is 0 Å². The molecular weight excluding hydrogens is 400 g/mol. The van der Waals surface area contributed by atoms with Crippen molar-refractivity contribution in [3.63, 3.8) is 0 Å². The molecule has 3 heterocycles. The topological polar surface area (TPSA) is 91.5 Å². The molecule has 3 aromatic heterocycles. The maximum Gasteiger partial charge on any atom is 0.161 e. The molecule has 0 bridgehead atoms. The second-order valence-electron chi connectivity index (χ2n) is 8.31. The molecule has 0 spiro atoms. The van der Waals surface area contributed by atoms with Crippen molar-refractivity contribution in [2.45, 2.75) is 38.1 Å². The molecule has 0 atom stereocenters. The number of H-pyrrole nitrogens is 2. The summed E-state index contributed by atoms with van der Waals surface area (Å²) in [5.41, 5.74) is 3.72. The van der Waals surface area contributed by atoms with Crippen molar-refractivity contribution in [1.29, 1.82) is 0 Å². The molecule has 1 fully saturated rings. The number of hydrogen-bond acceptors (Lipinski definition) is 5. The van der Waals surface area contributed by atoms with Gasteiger partial charge in [0.05, 0.1) is 11.0 Å². The second-order valence-corrected chi connectivity index (χ2v) is 8.31. The zero-order valence-electron chi connectivity index (χ0n) is 17.6. The van der Waals surface area contributed by atoms with Crippen LogP contribution in [0.5, 0.6) is 11.5 Å². The minimum absolute atomic E-state index is 0.450. The highest BCUT2D eigenvalue weighted by atomic mass is 16.5. The van der Waals surface area contributed by atoms with Gasteiger partial charge in [0.1, 0.15) is 22.7 Å². The number of nitrogens with zero attached hydrogens (tertiary/aromatic N) is 3. The van der Waals surface area contributed by atoms with E-state index in [1.807, 2.05) is 54.6 Å². The first kappa shape index (κ1) is 18.9. The van der Waals surface area contributed by atoms with Crippen molar-refractivity contribution in [3.8, 4) is 22.9 Å². The minimum atomic E-state index is 0.450. The minimum Gasteiger partial charge on any atom is -0.456 e. The van der Waals surface area contributed by atoms with E-state index in [-0.39, 0.29) is 0 Å². The van der Waals surface area contributed by atoms with E-state index in [4.69, 9.17) is 4.74 Å². The average Bonchev–Trinajstić information content (AvgIpc) is 3.45. The van der Waals surface area contributed by atoms with Gasteiger partial charge in [0, 0.05) is 23.9 Å². The Labute approximate surface area is 185 Å². The van der Waals surface area contributed by atoms with Crippen LogP contribution in [0.4, 0.5) is 5.82 Å². The lowest BCUT2D eigenvalue weighted by atomic mass is 9.95. The van der Waals surface area contributed by atoms with Gasteiger partial charge >= 0.3 is 0 Å². The van der Waals surface area contributed by atoms with E-state index in [1.54, 1.807) is 6.20 Å². The number of hydrogen-bond donors (Lipinski definition) is 3. The Morgan fingerprint density at radius 1 is 0.938 bits per heavy atom. The summed E-state index contributed by atoms with van der Waals surface area (Å²) in [6.07, 6.45) is 7.93. The van der Waals surface area contributed by atoms with Crippen molar-refractivity contribution in [2.75, 3.05) is 5.32 Å². The number of para-hydroxylation sites is 2. The molecule has 0 aliphatic heterocycles. The van der Waals surface area contributed by atoms with Crippen molar-refractivity contribution < 1.29 is 4.74 Å². The second kappa shape index (κ2) is 8.00. The molecule has 7 heteroatoms. The van der Waals surface area contributed by atoms with Gasteiger partial charge < -0.3 is 15.0 Å². The monoisotopic (exact) mass is 424 g/mol. The Morgan fingerprint density at radius 2 is 1.78 bits per heavy atom. The maximum absolute atomic E-state index is 6.26. The third-order valence-corrected chi connectivity index (χ3v) is 6.11. The molecule has 32 heavy (non-hydrogen) atoms. The first-order chi connectivity index (χ1) is 15.8. The number of pyridine rings is 1. The van der Waals surface area contributed by atoms with Crippen molar-refractivity contribution in [1.82, 2.24) is 25.1 Å². The number of aromatic nitrogens is 5. The first-order valence-corrected chi connectivity index (χ1v) is 11.2. The largest absolute Gasteiger partial charge is 0.456 e. The van der Waals surface area contributed by atoms with Gasteiger partial charge in [-0.3, -0.25) is 5.10 Å². The number of imidazole rings is 1. The molecular formula is C25H24N6O. The molecule has 7 nitrogen and oxygen atoms in total. The average molecular weight is 425 g/mol. The molecule has 160 valence electrons. The molecule has 2 aromatic carbocycles. The molecule has 6 rings (SSSR count). The summed E-state index contributed by atoms with van der Waals surface area (Å²) < 4.78 is 6.26. The summed E-state index contributed by atoms with van der Waals surface area (Å²) in [7, 11) is 0. The third kappa shape index (κ3) is 3.56. The van der Waals surface area contributed by atoms with Crippen LogP contribution in [0.2, 0.25) is 0 Å². The fourth-order valence-corrected chi connectivity index (χ4v) is 4.45. The Hall–Kier alpha value is -3.87. The lowest BCUT2D eigenvalue weighted by Crippen LogP contribution is -2.22. The van der Waals surface area contributed by atoms with Gasteiger partial charge in [-0.2, -0.15) is 5.10 Å². The SMILES string of the molecule is c1ccc2[nH]c(-c3ccc(Oc4ccnc5[nH]nc(NC6CCCCC6)c45)cc3)nc2c1. The number of aromatic amines is 2. The number of ether oxygens (including phenoxy) is 1. The summed E-state index contributed by atoms with van der Waals surface area (Å²) in [5, 5.41) is 12.0. The lowest BCUT2D eigenvalue weighted by molar-refractivity contribution is 0.461. The van der Waals surface area contributed by atoms with Crippen LogP contribution < -0.4 is 10.1 Å². The summed E-state index contributed by atoms with van der Waals surface area (Å²) in [6, 6.07) is 18.3. The standard InChI is InChI=1S/C25H24N6O/c1-2-6-17(7-3-1)27-25-22-21(14-15-26-24(22)30-31-25)32-18-12-10-16(11-13-18)23-28-19-8-4-5-9-20(19)29-23/h4-5,8-15,17H,1-3,6-7H2,(H,28,29)(H2,26,27,30,31). The molecule has 1 aliphatic rings. The highest BCUT2D eigenvalue weighted by Crippen LogP contribution is 2.34. The summed E-state index contributed by atoms with van der Waals surface area (Å²) in [6.45, 7) is 0. The summed E-state index contributed by atoms with van der Waals surface area (Å²) in [4.78, 5) is 12.5. The van der Waals surface area contributed by atoms with Gasteiger partial charge in [-0.25, -0.2) is 9.97 Å². The first-order valence-electron chi connectivity index (χ1n) is 11.2. The normalized spacial score (nSPS) is 14.8. The smallest absolute Gasteiger partial charge is 0.161 e. The molecule has 0 radical (unpaired) electrons. The van der Waals surface area contributed by atoms with Gasteiger partial charge in [-0.15, -0.1) is 0 Å². The Kier molecular flexibility index (Phi) is 4.71. The van der Waals surface area contributed by atoms with Gasteiger partial charge in [-0.05, 0) is 49.2 Å². The fraction of sp³-hybridized carbons (Fsp3) is 0.240. The van der Waals surface area contributed by atoms with Crippen LogP contribution in [0, 0.1) is 0 Å². The summed E-state index contributed by atoms with van der Waals surface area (Å²) in [5.74, 6) is 3.15. The van der Waals surface area contributed by atoms with Crippen LogP contribution in [-0.2, 0) is 0 Å². The molecule has 1 aliphatic carbocycles. The molecule has 1 saturated carbocycles. The van der Waals surface area contributed by atoms with E-state index >= 15 is 0 Å². The van der Waals surface area contributed by atoms with E-state index < -0.39 is 0 Å². The van der Waals surface area contributed by atoms with Gasteiger partial charge in [0.2, 0.25) is 0 Å². The Balaban J connectivity index is 1.26. The van der Waals surface area contributed by atoms with Crippen LogP contribution in [0.25, 0.3) is 33.5 Å². The molecule has 5 aromatic rings. The molecule has 0 unspecified atom stereocenters. The van der Waals surface area contributed by atoms with Crippen LogP contribution in [0.1, 0.15) is 32.1 Å². The highest BCUT2D eigenvalue weighted by Gasteiger charge is 2.19. The van der Waals surface area contributed by atoms with E-state index in [0.717, 1.165) is 50.8 Å². The zero-order valence-corrected chi connectivity index (χ0v) is 17.6. The number of nitrogens with one attached hydrogen (secondary N) is 3. The number of fused-ring (bicyclic) bond motifs is 2. The Bertz CT molecular complexity index is 1330. The maximum atomic E-state index is 6.26. The predicted octanol–water partition coefficient (Wildman–Crippen LogP) is 6.04. The van der Waals surface area contributed by atoms with E-state index in [2.05, 4.69) is 30.5 Å². The third-order valence-electron chi connectivity index (χ3n) is 6.11. The van der Waals surface area contributed by atoms with Crippen LogP contribution >= 0.6 is 0 Å². The zero-order chi connectivity index (χ0) is 21.3.